The second-order valence-corrected chi connectivity index (χ2v) is 20.2. The summed E-state index contributed by atoms with van der Waals surface area (Å²) in [6.45, 7) is 14.7. The van der Waals surface area contributed by atoms with Crippen molar-refractivity contribution >= 4 is 11.0 Å². The van der Waals surface area contributed by atoms with Gasteiger partial charge in [0.15, 0.2) is 0 Å². The van der Waals surface area contributed by atoms with Crippen molar-refractivity contribution in [3.63, 3.8) is 0 Å². The number of nitrogens with zero attached hydrogens (tertiary/aromatic N) is 3. The van der Waals surface area contributed by atoms with E-state index in [-0.39, 0.29) is 49.6 Å². The number of pyridine rings is 1. The first-order chi connectivity index (χ1) is 34.9. The van der Waals surface area contributed by atoms with E-state index in [0.717, 1.165) is 78.0 Å². The monoisotopic (exact) mass is 1110 g/mol. The van der Waals surface area contributed by atoms with Crippen LogP contribution in [0.3, 0.4) is 0 Å². The van der Waals surface area contributed by atoms with Crippen LogP contribution in [0.15, 0.2) is 182 Å². The molecule has 0 radical (unpaired) electrons. The number of fused-ring (bicyclic) bond motifs is 1. The number of phenols is 1. The Hall–Kier alpha value is -7.13. The first kappa shape index (κ1) is 45.0. The van der Waals surface area contributed by atoms with E-state index in [9.17, 15) is 5.11 Å². The summed E-state index contributed by atoms with van der Waals surface area (Å²) >= 11 is 0. The Morgan fingerprint density at radius 2 is 1.23 bits per heavy atom. The molecule has 2 heterocycles. The van der Waals surface area contributed by atoms with Crippen LogP contribution in [0.5, 0.6) is 5.75 Å². The van der Waals surface area contributed by atoms with Crippen molar-refractivity contribution in [2.24, 2.45) is 0 Å². The largest absolute Gasteiger partial charge is 0.507 e. The number of imidazole rings is 1. The molecule has 0 spiro atoms. The minimum atomic E-state index is -2.49. The molecule has 0 saturated heterocycles. The van der Waals surface area contributed by atoms with Crippen LogP contribution in [-0.4, -0.2) is 19.6 Å². The standard InChI is InChI=1S/C66H60N3O.Pt/c1-41(2)50-37-56(42(3)4)64(70)59(38-50)65-68-63-55(52-34-51(45-17-12-10-13-18-45)35-53(36-52)60-39-49(31-32-67-60)46-25-23-43(5)24-26-46)21-16-22-61(63)69(65)62-33-44(6)57(47-19-14-11-15-20-47)40-58(62)48-27-29-54(30-28-48)66(7,8)9;/h10-35,37-42,70H,1-9H3;/q-1;/i6D3;. The molecule has 0 amide bonds. The fourth-order valence-electron chi connectivity index (χ4n) is 9.53. The molecule has 0 aliphatic heterocycles. The molecule has 10 aromatic rings. The average molecular weight is 1110 g/mol. The maximum Gasteiger partial charge on any atom is 0.148 e. The summed E-state index contributed by atoms with van der Waals surface area (Å²) in [5, 5.41) is 12.6. The number of phenolic OH excluding ortho intramolecular Hbond substituents is 1. The van der Waals surface area contributed by atoms with Crippen molar-refractivity contribution in [2.45, 2.75) is 79.5 Å². The molecule has 8 aromatic carbocycles. The molecule has 0 fully saturated rings. The van der Waals surface area contributed by atoms with Gasteiger partial charge in [0.05, 0.1) is 22.3 Å². The Morgan fingerprint density at radius 3 is 1.89 bits per heavy atom. The molecule has 1 N–H and O–H groups in total. The van der Waals surface area contributed by atoms with Crippen LogP contribution < -0.4 is 0 Å². The van der Waals surface area contributed by atoms with Gasteiger partial charge in [-0.15, -0.1) is 23.8 Å². The third-order valence-electron chi connectivity index (χ3n) is 13.6. The first-order valence-electron chi connectivity index (χ1n) is 25.8. The zero-order chi connectivity index (χ0) is 51.3. The third-order valence-corrected chi connectivity index (χ3v) is 13.6. The van der Waals surface area contributed by atoms with E-state index in [1.54, 1.807) is 0 Å². The number of aromatic hydroxyl groups is 1. The smallest absolute Gasteiger partial charge is 0.148 e. The molecule has 356 valence electrons. The van der Waals surface area contributed by atoms with E-state index in [1.807, 2.05) is 85.1 Å². The van der Waals surface area contributed by atoms with E-state index in [1.165, 1.54) is 11.1 Å². The SMILES string of the molecule is [2H]C([2H])([2H])c1cc(-n2c(-c3cc(C(C)C)cc(C(C)C)c3O)nc3c(-c4[c-]c(-c5cc(-c6ccc(C)cc6)ccn5)cc(-c5ccccc5)c4)cccc32)c(-c2ccc(C(C)(C)C)cc2)cc1-c1ccccc1.[Pt]. The van der Waals surface area contributed by atoms with Gasteiger partial charge in [0.25, 0.3) is 0 Å². The van der Waals surface area contributed by atoms with Gasteiger partial charge in [0, 0.05) is 42.6 Å². The molecule has 71 heavy (non-hydrogen) atoms. The number of hydrogen-bond acceptors (Lipinski definition) is 3. The third kappa shape index (κ3) is 9.71. The Morgan fingerprint density at radius 1 is 0.577 bits per heavy atom. The minimum absolute atomic E-state index is 0. The van der Waals surface area contributed by atoms with E-state index in [2.05, 4.69) is 163 Å². The molecule has 5 heteroatoms. The van der Waals surface area contributed by atoms with Gasteiger partial charge in [-0.05, 0) is 117 Å². The summed E-state index contributed by atoms with van der Waals surface area (Å²) in [4.78, 5) is 10.6. The zero-order valence-electron chi connectivity index (χ0n) is 44.6. The van der Waals surface area contributed by atoms with E-state index in [4.69, 9.17) is 14.1 Å². The molecule has 0 saturated carbocycles. The zero-order valence-corrected chi connectivity index (χ0v) is 43.9. The van der Waals surface area contributed by atoms with Gasteiger partial charge in [0.2, 0.25) is 0 Å². The maximum atomic E-state index is 12.6. The van der Waals surface area contributed by atoms with Crippen molar-refractivity contribution in [1.29, 1.82) is 0 Å². The maximum absolute atomic E-state index is 12.6. The molecule has 4 nitrogen and oxygen atoms in total. The van der Waals surface area contributed by atoms with Crippen LogP contribution in [-0.2, 0) is 26.5 Å². The van der Waals surface area contributed by atoms with Gasteiger partial charge in [-0.3, -0.25) is 9.55 Å². The van der Waals surface area contributed by atoms with Crippen LogP contribution in [0.1, 0.15) is 92.2 Å². The molecule has 2 aromatic heterocycles. The number of rotatable bonds is 10. The first-order valence-corrected chi connectivity index (χ1v) is 24.3. The summed E-state index contributed by atoms with van der Waals surface area (Å²) in [5.41, 5.74) is 17.6. The minimum Gasteiger partial charge on any atom is -0.507 e. The summed E-state index contributed by atoms with van der Waals surface area (Å²) < 4.78 is 29.3. The number of aromatic nitrogens is 3. The molecule has 0 aliphatic carbocycles. The molecule has 10 rings (SSSR count). The van der Waals surface area contributed by atoms with Gasteiger partial charge in [0.1, 0.15) is 11.6 Å². The molecule has 0 bridgehead atoms. The summed E-state index contributed by atoms with van der Waals surface area (Å²) in [6.07, 6.45) is 1.86. The summed E-state index contributed by atoms with van der Waals surface area (Å²) in [6, 6.07) is 63.7. The number of hydrogen-bond donors (Lipinski definition) is 1. The van der Waals surface area contributed by atoms with E-state index < -0.39 is 6.85 Å². The quantitative estimate of drug-likeness (QED) is 0.139. The normalized spacial score (nSPS) is 12.5. The summed E-state index contributed by atoms with van der Waals surface area (Å²) in [7, 11) is 0. The van der Waals surface area contributed by atoms with Crippen molar-refractivity contribution < 1.29 is 30.3 Å². The van der Waals surface area contributed by atoms with Crippen LogP contribution in [0.2, 0.25) is 0 Å². The number of benzene rings is 8. The van der Waals surface area contributed by atoms with Gasteiger partial charge in [-0.2, -0.15) is 0 Å². The Balaban J connectivity index is 0.00000672. The Labute approximate surface area is 438 Å². The fraction of sp³-hybridized carbons (Fsp3) is 0.182. The second-order valence-electron chi connectivity index (χ2n) is 20.2. The van der Waals surface area contributed by atoms with Gasteiger partial charge in [-0.25, -0.2) is 4.98 Å². The topological polar surface area (TPSA) is 50.9 Å². The van der Waals surface area contributed by atoms with Crippen LogP contribution in [0.4, 0.5) is 0 Å². The van der Waals surface area contributed by atoms with Crippen molar-refractivity contribution in [2.75, 3.05) is 0 Å². The van der Waals surface area contributed by atoms with Crippen LogP contribution in [0.25, 0.3) is 95.0 Å². The fourth-order valence-corrected chi connectivity index (χ4v) is 9.53. The average Bonchev–Trinajstić information content (AvgIpc) is 3.79. The van der Waals surface area contributed by atoms with Gasteiger partial charge >= 0.3 is 0 Å². The van der Waals surface area contributed by atoms with E-state index >= 15 is 0 Å². The number of para-hydroxylation sites is 1. The van der Waals surface area contributed by atoms with E-state index in [0.29, 0.717) is 28.2 Å². The molecular weight excluding hydrogens is 1050 g/mol. The van der Waals surface area contributed by atoms with Gasteiger partial charge in [-0.1, -0.05) is 204 Å². The van der Waals surface area contributed by atoms with Crippen molar-refractivity contribution in [3.05, 3.63) is 216 Å². The van der Waals surface area contributed by atoms with Crippen LogP contribution >= 0.6 is 0 Å². The molecule has 0 atom stereocenters. The molecule has 0 unspecified atom stereocenters. The number of aryl methyl sites for hydroxylation is 2. The van der Waals surface area contributed by atoms with Crippen LogP contribution in [0, 0.1) is 19.8 Å². The summed E-state index contributed by atoms with van der Waals surface area (Å²) in [5.74, 6) is 0.779. The predicted octanol–water partition coefficient (Wildman–Crippen LogP) is 17.8. The molecule has 0 aliphatic rings. The van der Waals surface area contributed by atoms with Gasteiger partial charge < -0.3 is 5.11 Å². The molecular formula is C66H60N3OPt-. The Bertz CT molecular complexity index is 3650. The predicted molar refractivity (Wildman–Crippen MR) is 294 cm³/mol. The Kier molecular flexibility index (Phi) is 12.6. The van der Waals surface area contributed by atoms with Crippen molar-refractivity contribution in [1.82, 2.24) is 14.5 Å². The second kappa shape index (κ2) is 19.9. The van der Waals surface area contributed by atoms with Crippen molar-refractivity contribution in [3.8, 4) is 89.7 Å².